The molecule has 0 radical (unpaired) electrons. The molecular weight excluding hydrogens is 516 g/mol. The number of amides is 4. The highest BCUT2D eigenvalue weighted by Gasteiger charge is 2.49. The zero-order valence-corrected chi connectivity index (χ0v) is 20.6. The lowest BCUT2D eigenvalue weighted by Gasteiger charge is -2.35. The molecular formula is C25H23ClN6O6. The van der Waals surface area contributed by atoms with E-state index in [-0.39, 0.29) is 24.6 Å². The Hall–Kier alpha value is -4.58. The van der Waals surface area contributed by atoms with Crippen LogP contribution in [0.15, 0.2) is 60.9 Å². The molecule has 4 amide bonds. The minimum atomic E-state index is -1.22. The molecule has 1 saturated heterocycles. The quantitative estimate of drug-likeness (QED) is 0.376. The van der Waals surface area contributed by atoms with Crippen molar-refractivity contribution < 1.29 is 29.0 Å². The fraction of sp³-hybridized carbons (Fsp3) is 0.240. The van der Waals surface area contributed by atoms with Gasteiger partial charge in [-0.1, -0.05) is 11.6 Å². The van der Waals surface area contributed by atoms with Gasteiger partial charge in [0.1, 0.15) is 6.04 Å². The van der Waals surface area contributed by atoms with Crippen molar-refractivity contribution in [3.63, 3.8) is 0 Å². The van der Waals surface area contributed by atoms with Crippen molar-refractivity contribution in [1.82, 2.24) is 20.0 Å². The van der Waals surface area contributed by atoms with Crippen LogP contribution >= 0.6 is 11.6 Å². The van der Waals surface area contributed by atoms with E-state index >= 15 is 0 Å². The van der Waals surface area contributed by atoms with Gasteiger partial charge in [-0.25, -0.2) is 9.59 Å². The van der Waals surface area contributed by atoms with Crippen LogP contribution in [0.25, 0.3) is 0 Å². The summed E-state index contributed by atoms with van der Waals surface area (Å²) < 4.78 is 7.25. The van der Waals surface area contributed by atoms with Gasteiger partial charge < -0.3 is 20.1 Å². The number of nitrogens with one attached hydrogen (secondary N) is 3. The number of anilines is 2. The number of hydrogen-bond donors (Lipinski definition) is 4. The van der Waals surface area contributed by atoms with Crippen LogP contribution < -0.4 is 16.0 Å². The molecule has 13 heteroatoms. The maximum Gasteiger partial charge on any atom is 0.412 e. The summed E-state index contributed by atoms with van der Waals surface area (Å²) in [7, 11) is 0. The summed E-state index contributed by atoms with van der Waals surface area (Å²) in [5.74, 6) is -0.884. The lowest BCUT2D eigenvalue weighted by atomic mass is 9.90. The highest BCUT2D eigenvalue weighted by Crippen LogP contribution is 2.43. The van der Waals surface area contributed by atoms with Crippen LogP contribution in [0.2, 0.25) is 5.02 Å². The first-order valence-electron chi connectivity index (χ1n) is 11.7. The maximum absolute atomic E-state index is 13.7. The predicted molar refractivity (Wildman–Crippen MR) is 136 cm³/mol. The van der Waals surface area contributed by atoms with Crippen LogP contribution in [-0.4, -0.2) is 62.9 Å². The highest BCUT2D eigenvalue weighted by atomic mass is 35.5. The second-order valence-electron chi connectivity index (χ2n) is 8.97. The zero-order chi connectivity index (χ0) is 26.9. The van der Waals surface area contributed by atoms with Gasteiger partial charge in [0.05, 0.1) is 18.8 Å². The van der Waals surface area contributed by atoms with Crippen molar-refractivity contribution in [2.45, 2.75) is 24.6 Å². The van der Waals surface area contributed by atoms with E-state index in [1.807, 2.05) is 0 Å². The molecule has 2 atom stereocenters. The number of benzene rings is 2. The van der Waals surface area contributed by atoms with Gasteiger partial charge in [-0.2, -0.15) is 5.10 Å². The summed E-state index contributed by atoms with van der Waals surface area (Å²) in [5.41, 5.74) is 0.737. The fourth-order valence-corrected chi connectivity index (χ4v) is 4.89. The molecule has 3 aromatic rings. The molecule has 2 aliphatic rings. The molecule has 1 fully saturated rings. The number of carbonyl (C=O) groups is 4. The van der Waals surface area contributed by atoms with Crippen LogP contribution in [0, 0.1) is 0 Å². The van der Waals surface area contributed by atoms with Crippen LogP contribution in [0.4, 0.5) is 21.0 Å². The number of carboxylic acid groups (broad SMARTS) is 1. The van der Waals surface area contributed by atoms with E-state index in [1.54, 1.807) is 41.6 Å². The number of rotatable bonds is 6. The maximum atomic E-state index is 13.7. The first kappa shape index (κ1) is 25.1. The molecule has 0 saturated carbocycles. The largest absolute Gasteiger partial charge is 0.465 e. The Morgan fingerprint density at radius 3 is 2.71 bits per heavy atom. The SMILES string of the molecule is O=C(O)Nc1ccc(C(=O)N[C@@H](Cn2cccn2)C(=O)N2CCC3(C2)OC(=O)Nc2ccc(Cl)cc23)cc1. The topological polar surface area (TPSA) is 155 Å². The Labute approximate surface area is 221 Å². The number of ether oxygens (including phenoxy) is 1. The third-order valence-electron chi connectivity index (χ3n) is 6.47. The second kappa shape index (κ2) is 10.1. The molecule has 5 rings (SSSR count). The Kier molecular flexibility index (Phi) is 6.64. The Balaban J connectivity index is 1.36. The minimum Gasteiger partial charge on any atom is -0.465 e. The molecule has 2 aliphatic heterocycles. The number of aromatic nitrogens is 2. The predicted octanol–water partition coefficient (Wildman–Crippen LogP) is 3.11. The molecule has 1 spiro atoms. The van der Waals surface area contributed by atoms with Crippen molar-refractivity contribution in [2.24, 2.45) is 0 Å². The summed E-state index contributed by atoms with van der Waals surface area (Å²) in [4.78, 5) is 51.4. The van der Waals surface area contributed by atoms with E-state index in [2.05, 4.69) is 21.0 Å². The van der Waals surface area contributed by atoms with Gasteiger partial charge in [-0.3, -0.25) is 24.9 Å². The van der Waals surface area contributed by atoms with Crippen molar-refractivity contribution >= 4 is 47.0 Å². The van der Waals surface area contributed by atoms with E-state index in [9.17, 15) is 19.2 Å². The van der Waals surface area contributed by atoms with E-state index in [1.165, 1.54) is 28.9 Å². The fourth-order valence-electron chi connectivity index (χ4n) is 4.71. The summed E-state index contributed by atoms with van der Waals surface area (Å²) in [5, 5.41) is 21.1. The van der Waals surface area contributed by atoms with Gasteiger partial charge in [0.25, 0.3) is 5.91 Å². The number of halogens is 1. The molecule has 38 heavy (non-hydrogen) atoms. The average molecular weight is 539 g/mol. The van der Waals surface area contributed by atoms with E-state index in [0.717, 1.165) is 0 Å². The monoisotopic (exact) mass is 538 g/mol. The van der Waals surface area contributed by atoms with Crippen molar-refractivity contribution in [2.75, 3.05) is 23.7 Å². The van der Waals surface area contributed by atoms with Crippen molar-refractivity contribution in [3.05, 3.63) is 77.1 Å². The van der Waals surface area contributed by atoms with Crippen molar-refractivity contribution in [1.29, 1.82) is 0 Å². The molecule has 0 aliphatic carbocycles. The Morgan fingerprint density at radius 1 is 1.21 bits per heavy atom. The molecule has 1 unspecified atom stereocenters. The van der Waals surface area contributed by atoms with E-state index in [4.69, 9.17) is 21.4 Å². The van der Waals surface area contributed by atoms with Crippen LogP contribution in [-0.2, 0) is 21.7 Å². The van der Waals surface area contributed by atoms with Crippen LogP contribution in [0.3, 0.4) is 0 Å². The first-order valence-corrected chi connectivity index (χ1v) is 12.1. The van der Waals surface area contributed by atoms with E-state index < -0.39 is 29.7 Å². The molecule has 0 bridgehead atoms. The van der Waals surface area contributed by atoms with Gasteiger partial charge in [-0.05, 0) is 48.5 Å². The summed E-state index contributed by atoms with van der Waals surface area (Å²) in [6, 6.07) is 11.6. The smallest absolute Gasteiger partial charge is 0.412 e. The normalized spacial score (nSPS) is 18.8. The van der Waals surface area contributed by atoms with Crippen molar-refractivity contribution in [3.8, 4) is 0 Å². The lowest BCUT2D eigenvalue weighted by Crippen LogP contribution is -2.51. The molecule has 2 aromatic carbocycles. The zero-order valence-electron chi connectivity index (χ0n) is 19.9. The second-order valence-corrected chi connectivity index (χ2v) is 9.41. The highest BCUT2D eigenvalue weighted by molar-refractivity contribution is 6.30. The molecule has 196 valence electrons. The third kappa shape index (κ3) is 5.11. The number of carbonyl (C=O) groups excluding carboxylic acids is 3. The molecule has 12 nitrogen and oxygen atoms in total. The lowest BCUT2D eigenvalue weighted by molar-refractivity contribution is -0.133. The number of hydrogen-bond acceptors (Lipinski definition) is 6. The summed E-state index contributed by atoms with van der Waals surface area (Å²) in [6.45, 7) is 0.455. The number of fused-ring (bicyclic) bond motifs is 2. The molecule has 1 aromatic heterocycles. The molecule has 4 N–H and O–H groups in total. The standard InChI is InChI=1S/C25H23ClN6O6/c26-16-4-7-19-18(12-16)25(38-24(37)30-19)8-11-31(14-25)22(34)20(13-32-10-1-9-27-32)29-21(33)15-2-5-17(6-3-15)28-23(35)36/h1-7,9-10,12,20,28H,8,11,13-14H2,(H,29,33)(H,30,37)(H,35,36)/t20-,25?/m0/s1. The Morgan fingerprint density at radius 2 is 2.00 bits per heavy atom. The third-order valence-corrected chi connectivity index (χ3v) is 6.71. The van der Waals surface area contributed by atoms with Crippen LogP contribution in [0.1, 0.15) is 22.3 Å². The number of nitrogens with zero attached hydrogens (tertiary/aromatic N) is 3. The summed E-state index contributed by atoms with van der Waals surface area (Å²) >= 11 is 6.21. The van der Waals surface area contributed by atoms with Crippen LogP contribution in [0.5, 0.6) is 0 Å². The Bertz CT molecular complexity index is 1400. The van der Waals surface area contributed by atoms with Gasteiger partial charge in [0.2, 0.25) is 5.91 Å². The first-order chi connectivity index (χ1) is 18.2. The number of likely N-dealkylation sites (tertiary alicyclic amines) is 1. The van der Waals surface area contributed by atoms with Gasteiger partial charge >= 0.3 is 12.2 Å². The van der Waals surface area contributed by atoms with Gasteiger partial charge in [-0.15, -0.1) is 0 Å². The molecule has 3 heterocycles. The summed E-state index contributed by atoms with van der Waals surface area (Å²) in [6.07, 6.45) is 1.77. The van der Waals surface area contributed by atoms with Gasteiger partial charge in [0, 0.05) is 47.2 Å². The van der Waals surface area contributed by atoms with E-state index in [0.29, 0.717) is 34.9 Å². The van der Waals surface area contributed by atoms with Gasteiger partial charge in [0.15, 0.2) is 5.60 Å². The minimum absolute atomic E-state index is 0.0729. The average Bonchev–Trinajstić information content (AvgIpc) is 3.54.